The highest BCUT2D eigenvalue weighted by Gasteiger charge is 2.22. The number of hydrogen-bond acceptors (Lipinski definition) is 4. The summed E-state index contributed by atoms with van der Waals surface area (Å²) in [5, 5.41) is 0. The first kappa shape index (κ1) is 13.6. The van der Waals surface area contributed by atoms with E-state index in [4.69, 9.17) is 10.6 Å². The molecule has 1 amide bonds. The summed E-state index contributed by atoms with van der Waals surface area (Å²) in [5.74, 6) is -0.604. The maximum Gasteiger partial charge on any atom is 0.264 e. The summed E-state index contributed by atoms with van der Waals surface area (Å²) in [6.07, 6.45) is 0. The molecule has 17 heavy (non-hydrogen) atoms. The minimum atomic E-state index is -3.68. The van der Waals surface area contributed by atoms with Gasteiger partial charge in [-0.2, -0.15) is 0 Å². The fourth-order valence-electron chi connectivity index (χ4n) is 1.31. The summed E-state index contributed by atoms with van der Waals surface area (Å²) in [5.41, 5.74) is 5.32. The molecular formula is C10H14N2O4S. The number of hydroxylamine groups is 1. The van der Waals surface area contributed by atoms with Gasteiger partial charge in [0.05, 0.1) is 12.0 Å². The van der Waals surface area contributed by atoms with Crippen LogP contribution in [0.4, 0.5) is 0 Å². The van der Waals surface area contributed by atoms with Crippen LogP contribution in [0.25, 0.3) is 0 Å². The lowest BCUT2D eigenvalue weighted by Gasteiger charge is -2.17. The van der Waals surface area contributed by atoms with E-state index in [1.165, 1.54) is 31.4 Å². The van der Waals surface area contributed by atoms with E-state index in [0.717, 1.165) is 4.47 Å². The maximum absolute atomic E-state index is 12.0. The van der Waals surface area contributed by atoms with E-state index in [0.29, 0.717) is 0 Å². The molecule has 1 aromatic rings. The van der Waals surface area contributed by atoms with Crippen molar-refractivity contribution in [1.29, 1.82) is 0 Å². The topological polar surface area (TPSA) is 89.7 Å². The molecule has 0 spiro atoms. The minimum absolute atomic E-state index is 0.0474. The highest BCUT2D eigenvalue weighted by atomic mass is 32.2. The quantitative estimate of drug-likeness (QED) is 0.772. The van der Waals surface area contributed by atoms with Crippen molar-refractivity contribution in [3.05, 3.63) is 29.8 Å². The zero-order chi connectivity index (χ0) is 13.1. The van der Waals surface area contributed by atoms with Crippen LogP contribution in [0.3, 0.4) is 0 Å². The zero-order valence-electron chi connectivity index (χ0n) is 9.58. The Morgan fingerprint density at radius 2 is 1.88 bits per heavy atom. The summed E-state index contributed by atoms with van der Waals surface area (Å²) >= 11 is 0. The molecule has 6 nitrogen and oxygen atoms in total. The van der Waals surface area contributed by atoms with Crippen molar-refractivity contribution in [2.75, 3.05) is 13.7 Å². The Bertz CT molecular complexity index is 492. The first-order chi connectivity index (χ1) is 7.93. The summed E-state index contributed by atoms with van der Waals surface area (Å²) < 4.78 is 24.8. The number of nitrogens with two attached hydrogens (primary N) is 1. The van der Waals surface area contributed by atoms with Gasteiger partial charge in [-0.15, -0.1) is 0 Å². The van der Waals surface area contributed by atoms with Crippen LogP contribution in [0.15, 0.2) is 29.2 Å². The molecule has 0 saturated heterocycles. The molecule has 0 unspecified atom stereocenters. The summed E-state index contributed by atoms with van der Waals surface area (Å²) in [7, 11) is -2.41. The van der Waals surface area contributed by atoms with E-state index in [2.05, 4.69) is 0 Å². The molecule has 0 aromatic heterocycles. The Labute approximate surface area is 100.0 Å². The lowest BCUT2D eigenvalue weighted by atomic mass is 10.2. The van der Waals surface area contributed by atoms with Gasteiger partial charge in [0.1, 0.15) is 0 Å². The number of hydrogen-bond donors (Lipinski definition) is 1. The van der Waals surface area contributed by atoms with Gasteiger partial charge in [0, 0.05) is 12.1 Å². The van der Waals surface area contributed by atoms with Crippen LogP contribution in [0.1, 0.15) is 17.3 Å². The van der Waals surface area contributed by atoms with E-state index in [-0.39, 0.29) is 17.0 Å². The second-order valence-corrected chi connectivity index (χ2v) is 5.02. The van der Waals surface area contributed by atoms with Crippen molar-refractivity contribution in [2.24, 2.45) is 5.73 Å². The van der Waals surface area contributed by atoms with Gasteiger partial charge in [0.25, 0.3) is 10.0 Å². The van der Waals surface area contributed by atoms with Crippen molar-refractivity contribution in [1.82, 2.24) is 4.47 Å². The predicted molar refractivity (Wildman–Crippen MR) is 61.5 cm³/mol. The first-order valence-corrected chi connectivity index (χ1v) is 6.34. The van der Waals surface area contributed by atoms with Gasteiger partial charge in [-0.25, -0.2) is 8.42 Å². The van der Waals surface area contributed by atoms with Gasteiger partial charge in [0.2, 0.25) is 5.91 Å². The van der Waals surface area contributed by atoms with Crippen LogP contribution in [-0.2, 0) is 14.9 Å². The molecule has 1 rings (SSSR count). The zero-order valence-corrected chi connectivity index (χ0v) is 10.4. The summed E-state index contributed by atoms with van der Waals surface area (Å²) in [6, 6.07) is 5.35. The summed E-state index contributed by atoms with van der Waals surface area (Å²) in [6.45, 7) is 1.84. The summed E-state index contributed by atoms with van der Waals surface area (Å²) in [4.78, 5) is 15.6. The molecule has 0 heterocycles. The number of nitrogens with zero attached hydrogens (tertiary/aromatic N) is 1. The Hall–Kier alpha value is -1.44. The Balaban J connectivity index is 3.12. The molecular weight excluding hydrogens is 244 g/mol. The molecule has 0 saturated carbocycles. The Morgan fingerprint density at radius 3 is 2.24 bits per heavy atom. The Kier molecular flexibility index (Phi) is 4.22. The van der Waals surface area contributed by atoms with Gasteiger partial charge in [0.15, 0.2) is 0 Å². The molecule has 2 N–H and O–H groups in total. The van der Waals surface area contributed by atoms with Crippen molar-refractivity contribution < 1.29 is 18.0 Å². The van der Waals surface area contributed by atoms with Crippen LogP contribution < -0.4 is 5.73 Å². The van der Waals surface area contributed by atoms with Crippen LogP contribution in [0.5, 0.6) is 0 Å². The third kappa shape index (κ3) is 2.82. The van der Waals surface area contributed by atoms with Crippen molar-refractivity contribution in [2.45, 2.75) is 11.8 Å². The number of primary amides is 1. The maximum atomic E-state index is 12.0. The lowest BCUT2D eigenvalue weighted by molar-refractivity contribution is -0.0442. The molecule has 0 radical (unpaired) electrons. The van der Waals surface area contributed by atoms with E-state index < -0.39 is 15.9 Å². The van der Waals surface area contributed by atoms with Gasteiger partial charge < -0.3 is 5.73 Å². The molecule has 0 aliphatic carbocycles. The number of rotatable bonds is 5. The highest BCUT2D eigenvalue weighted by molar-refractivity contribution is 7.89. The van der Waals surface area contributed by atoms with Crippen LogP contribution in [0.2, 0.25) is 0 Å². The van der Waals surface area contributed by atoms with Gasteiger partial charge in [-0.3, -0.25) is 9.63 Å². The first-order valence-electron chi connectivity index (χ1n) is 4.90. The van der Waals surface area contributed by atoms with Crippen molar-refractivity contribution in [3.63, 3.8) is 0 Å². The van der Waals surface area contributed by atoms with E-state index in [9.17, 15) is 13.2 Å². The number of carbonyl (C=O) groups is 1. The largest absolute Gasteiger partial charge is 0.366 e. The fourth-order valence-corrected chi connectivity index (χ4v) is 2.56. The molecule has 0 fully saturated rings. The molecule has 0 aliphatic rings. The van der Waals surface area contributed by atoms with E-state index in [1.54, 1.807) is 6.92 Å². The number of benzene rings is 1. The third-order valence-electron chi connectivity index (χ3n) is 2.17. The smallest absolute Gasteiger partial charge is 0.264 e. The number of carbonyl (C=O) groups excluding carboxylic acids is 1. The van der Waals surface area contributed by atoms with E-state index in [1.807, 2.05) is 0 Å². The Morgan fingerprint density at radius 1 is 1.35 bits per heavy atom. The van der Waals surface area contributed by atoms with Gasteiger partial charge >= 0.3 is 0 Å². The molecule has 0 aliphatic heterocycles. The van der Waals surface area contributed by atoms with E-state index >= 15 is 0 Å². The van der Waals surface area contributed by atoms with Crippen LogP contribution in [0, 0.1) is 0 Å². The highest BCUT2D eigenvalue weighted by Crippen LogP contribution is 2.16. The minimum Gasteiger partial charge on any atom is -0.366 e. The van der Waals surface area contributed by atoms with Crippen LogP contribution in [-0.4, -0.2) is 32.4 Å². The van der Waals surface area contributed by atoms with Gasteiger partial charge in [-0.1, -0.05) is 4.47 Å². The lowest BCUT2D eigenvalue weighted by Crippen LogP contribution is -2.29. The normalized spacial score (nSPS) is 11.7. The SMILES string of the molecule is CCN(OC)S(=O)(=O)c1ccc(C(N)=O)cc1. The molecule has 94 valence electrons. The predicted octanol–water partition coefficient (Wildman–Crippen LogP) is 0.358. The van der Waals surface area contributed by atoms with Crippen LogP contribution >= 0.6 is 0 Å². The number of sulfonamides is 1. The van der Waals surface area contributed by atoms with Crippen molar-refractivity contribution in [3.8, 4) is 0 Å². The molecule has 0 atom stereocenters. The monoisotopic (exact) mass is 258 g/mol. The molecule has 7 heteroatoms. The standard InChI is InChI=1S/C10H14N2O4S/c1-3-12(16-2)17(14,15)9-6-4-8(5-7-9)10(11)13/h4-7H,3H2,1-2H3,(H2,11,13). The second kappa shape index (κ2) is 5.26. The average molecular weight is 258 g/mol. The average Bonchev–Trinajstić information content (AvgIpc) is 2.30. The second-order valence-electron chi connectivity index (χ2n) is 3.20. The third-order valence-corrected chi connectivity index (χ3v) is 3.98. The van der Waals surface area contributed by atoms with Crippen molar-refractivity contribution >= 4 is 15.9 Å². The molecule has 1 aromatic carbocycles. The number of amides is 1. The van der Waals surface area contributed by atoms with Gasteiger partial charge in [-0.05, 0) is 31.2 Å². The fraction of sp³-hybridized carbons (Fsp3) is 0.300. The molecule has 0 bridgehead atoms.